The lowest BCUT2D eigenvalue weighted by molar-refractivity contribution is -0.402. The van der Waals surface area contributed by atoms with Crippen LogP contribution in [0.4, 0.5) is 5.88 Å². The molecule has 2 aromatic rings. The van der Waals surface area contributed by atoms with Crippen LogP contribution in [0, 0.1) is 10.1 Å². The first-order valence-electron chi connectivity index (χ1n) is 5.56. The van der Waals surface area contributed by atoms with Crippen molar-refractivity contribution in [2.75, 3.05) is 6.54 Å². The first-order valence-corrected chi connectivity index (χ1v) is 5.56. The third kappa shape index (κ3) is 3.17. The summed E-state index contributed by atoms with van der Waals surface area (Å²) in [5.74, 6) is 0.340. The van der Waals surface area contributed by atoms with Gasteiger partial charge in [0, 0.05) is 13.2 Å². The Morgan fingerprint density at radius 1 is 1.56 bits per heavy atom. The molecule has 0 fully saturated rings. The van der Waals surface area contributed by atoms with Crippen LogP contribution in [0.2, 0.25) is 0 Å². The van der Waals surface area contributed by atoms with Crippen LogP contribution >= 0.6 is 0 Å². The number of nitro groups is 1. The van der Waals surface area contributed by atoms with Crippen LogP contribution in [0.1, 0.15) is 11.3 Å². The molecule has 0 bridgehead atoms. The molecular formula is C11H14N4O3. The second-order valence-corrected chi connectivity index (χ2v) is 3.95. The fourth-order valence-electron chi connectivity index (χ4n) is 1.61. The normalized spacial score (nSPS) is 10.7. The van der Waals surface area contributed by atoms with Gasteiger partial charge in [0.15, 0.2) is 0 Å². The summed E-state index contributed by atoms with van der Waals surface area (Å²) in [6.45, 7) is 1.24. The highest BCUT2D eigenvalue weighted by atomic mass is 16.6. The van der Waals surface area contributed by atoms with Gasteiger partial charge in [0.1, 0.15) is 10.7 Å². The summed E-state index contributed by atoms with van der Waals surface area (Å²) in [5, 5.41) is 17.6. The first kappa shape index (κ1) is 12.3. The summed E-state index contributed by atoms with van der Waals surface area (Å²) in [7, 11) is 1.87. The summed E-state index contributed by atoms with van der Waals surface area (Å²) in [6.07, 6.45) is 4.63. The quantitative estimate of drug-likeness (QED) is 0.473. The fourth-order valence-corrected chi connectivity index (χ4v) is 1.61. The van der Waals surface area contributed by atoms with Crippen molar-refractivity contribution in [2.45, 2.75) is 13.0 Å². The average molecular weight is 250 g/mol. The number of furan rings is 1. The number of aromatic nitrogens is 2. The standard InChI is InChI=1S/C11H14N4O3/c1-14-8-9(6-13-14)4-5-12-7-10-2-3-11(18-10)15(16)17/h2-3,6,8,12H,4-5,7H2,1H3. The van der Waals surface area contributed by atoms with Crippen molar-refractivity contribution in [2.24, 2.45) is 7.05 Å². The van der Waals surface area contributed by atoms with Crippen molar-refractivity contribution in [3.05, 3.63) is 46.0 Å². The van der Waals surface area contributed by atoms with Gasteiger partial charge in [0.25, 0.3) is 0 Å². The lowest BCUT2D eigenvalue weighted by Crippen LogP contribution is -2.16. The molecule has 0 aliphatic carbocycles. The van der Waals surface area contributed by atoms with E-state index in [1.807, 2.05) is 19.4 Å². The van der Waals surface area contributed by atoms with Gasteiger partial charge in [-0.05, 0) is 24.6 Å². The zero-order valence-corrected chi connectivity index (χ0v) is 10.00. The van der Waals surface area contributed by atoms with Crippen molar-refractivity contribution in [3.8, 4) is 0 Å². The molecule has 0 atom stereocenters. The highest BCUT2D eigenvalue weighted by Gasteiger charge is 2.10. The summed E-state index contributed by atoms with van der Waals surface area (Å²) in [6, 6.07) is 2.97. The van der Waals surface area contributed by atoms with Crippen molar-refractivity contribution >= 4 is 5.88 Å². The molecule has 0 aliphatic rings. The average Bonchev–Trinajstić information content (AvgIpc) is 2.93. The molecule has 0 spiro atoms. The molecule has 18 heavy (non-hydrogen) atoms. The summed E-state index contributed by atoms with van der Waals surface area (Å²) < 4.78 is 6.78. The van der Waals surface area contributed by atoms with E-state index in [2.05, 4.69) is 10.4 Å². The fraction of sp³-hybridized carbons (Fsp3) is 0.364. The van der Waals surface area contributed by atoms with Gasteiger partial charge in [0.2, 0.25) is 0 Å². The van der Waals surface area contributed by atoms with Crippen LogP contribution < -0.4 is 5.32 Å². The molecule has 0 aliphatic heterocycles. The van der Waals surface area contributed by atoms with Gasteiger partial charge in [-0.3, -0.25) is 14.8 Å². The number of aryl methyl sites for hydroxylation is 1. The number of hydrogen-bond acceptors (Lipinski definition) is 5. The Morgan fingerprint density at radius 2 is 2.39 bits per heavy atom. The first-order chi connectivity index (χ1) is 8.65. The Labute approximate surface area is 104 Å². The molecule has 0 aromatic carbocycles. The van der Waals surface area contributed by atoms with Crippen molar-refractivity contribution in [3.63, 3.8) is 0 Å². The Kier molecular flexibility index (Phi) is 3.73. The molecule has 2 heterocycles. The van der Waals surface area contributed by atoms with Gasteiger partial charge >= 0.3 is 5.88 Å². The molecule has 0 saturated heterocycles. The van der Waals surface area contributed by atoms with E-state index in [9.17, 15) is 10.1 Å². The molecule has 1 N–H and O–H groups in total. The minimum atomic E-state index is -0.543. The number of rotatable bonds is 6. The van der Waals surface area contributed by atoms with Gasteiger partial charge in [-0.2, -0.15) is 5.10 Å². The molecule has 0 saturated carbocycles. The largest absolute Gasteiger partial charge is 0.433 e. The number of nitrogens with zero attached hydrogens (tertiary/aromatic N) is 3. The zero-order chi connectivity index (χ0) is 13.0. The summed E-state index contributed by atoms with van der Waals surface area (Å²) in [5.41, 5.74) is 1.15. The molecule has 0 radical (unpaired) electrons. The van der Waals surface area contributed by atoms with Gasteiger partial charge < -0.3 is 9.73 Å². The van der Waals surface area contributed by atoms with E-state index in [1.54, 1.807) is 10.7 Å². The molecule has 7 nitrogen and oxygen atoms in total. The molecule has 96 valence electrons. The monoisotopic (exact) mass is 250 g/mol. The van der Waals surface area contributed by atoms with Gasteiger partial charge in [-0.1, -0.05) is 0 Å². The highest BCUT2D eigenvalue weighted by Crippen LogP contribution is 2.15. The third-order valence-corrected chi connectivity index (χ3v) is 2.48. The van der Waals surface area contributed by atoms with Crippen LogP contribution in [0.25, 0.3) is 0 Å². The smallest absolute Gasteiger partial charge is 0.404 e. The Balaban J connectivity index is 1.73. The molecule has 2 aromatic heterocycles. The molecule has 7 heteroatoms. The second-order valence-electron chi connectivity index (χ2n) is 3.95. The Hall–Kier alpha value is -2.15. The van der Waals surface area contributed by atoms with Crippen LogP contribution in [0.3, 0.4) is 0 Å². The molecule has 2 rings (SSSR count). The number of hydrogen-bond donors (Lipinski definition) is 1. The van der Waals surface area contributed by atoms with Crippen LogP contribution in [-0.2, 0) is 20.0 Å². The van der Waals surface area contributed by atoms with E-state index in [-0.39, 0.29) is 5.88 Å². The third-order valence-electron chi connectivity index (χ3n) is 2.48. The topological polar surface area (TPSA) is 86.1 Å². The van der Waals surface area contributed by atoms with Crippen LogP contribution in [-0.4, -0.2) is 21.2 Å². The maximum atomic E-state index is 10.4. The lowest BCUT2D eigenvalue weighted by Gasteiger charge is -2.00. The minimum Gasteiger partial charge on any atom is -0.404 e. The van der Waals surface area contributed by atoms with E-state index in [0.29, 0.717) is 12.3 Å². The van der Waals surface area contributed by atoms with Crippen molar-refractivity contribution in [1.29, 1.82) is 0 Å². The molecular weight excluding hydrogens is 236 g/mol. The number of nitrogens with one attached hydrogen (secondary N) is 1. The Morgan fingerprint density at radius 3 is 3.00 bits per heavy atom. The predicted molar refractivity (Wildman–Crippen MR) is 64.0 cm³/mol. The van der Waals surface area contributed by atoms with E-state index >= 15 is 0 Å². The van der Waals surface area contributed by atoms with E-state index in [1.165, 1.54) is 6.07 Å². The van der Waals surface area contributed by atoms with E-state index in [0.717, 1.165) is 18.5 Å². The second kappa shape index (κ2) is 5.46. The van der Waals surface area contributed by atoms with Gasteiger partial charge in [-0.25, -0.2) is 0 Å². The minimum absolute atomic E-state index is 0.223. The lowest BCUT2D eigenvalue weighted by atomic mass is 10.2. The van der Waals surface area contributed by atoms with Crippen LogP contribution in [0.5, 0.6) is 0 Å². The van der Waals surface area contributed by atoms with Crippen molar-refractivity contribution in [1.82, 2.24) is 15.1 Å². The maximum absolute atomic E-state index is 10.4. The van der Waals surface area contributed by atoms with E-state index < -0.39 is 4.92 Å². The van der Waals surface area contributed by atoms with Gasteiger partial charge in [0.05, 0.1) is 18.8 Å². The van der Waals surface area contributed by atoms with Crippen molar-refractivity contribution < 1.29 is 9.34 Å². The predicted octanol–water partition coefficient (Wildman–Crippen LogP) is 1.25. The zero-order valence-electron chi connectivity index (χ0n) is 10.00. The van der Waals surface area contributed by atoms with E-state index in [4.69, 9.17) is 4.42 Å². The summed E-state index contributed by atoms with van der Waals surface area (Å²) in [4.78, 5) is 9.87. The highest BCUT2D eigenvalue weighted by molar-refractivity contribution is 5.17. The Bertz CT molecular complexity index is 532. The SMILES string of the molecule is Cn1cc(CCNCc2ccc([N+](=O)[O-])o2)cn1. The molecule has 0 unspecified atom stereocenters. The molecule has 0 amide bonds. The van der Waals surface area contributed by atoms with Gasteiger partial charge in [-0.15, -0.1) is 0 Å². The maximum Gasteiger partial charge on any atom is 0.433 e. The van der Waals surface area contributed by atoms with Crippen LogP contribution in [0.15, 0.2) is 28.9 Å². The summed E-state index contributed by atoms with van der Waals surface area (Å²) >= 11 is 0.